The molecule has 3 aromatic rings. The van der Waals surface area contributed by atoms with E-state index in [2.05, 4.69) is 10.4 Å². The largest absolute Gasteiger partial charge is 0.392 e. The predicted molar refractivity (Wildman–Crippen MR) is 137 cm³/mol. The molecule has 0 radical (unpaired) electrons. The molecular formula is C26H25F5N6O2. The zero-order valence-electron chi connectivity index (χ0n) is 21.1. The molecule has 39 heavy (non-hydrogen) atoms. The van der Waals surface area contributed by atoms with E-state index in [1.807, 2.05) is 4.90 Å². The van der Waals surface area contributed by atoms with Crippen molar-refractivity contribution in [2.24, 2.45) is 0 Å². The van der Waals surface area contributed by atoms with Crippen LogP contribution in [0.15, 0.2) is 47.3 Å². The van der Waals surface area contributed by atoms with E-state index in [-0.39, 0.29) is 5.69 Å². The number of hydrogen-bond donors (Lipinski definition) is 1. The first kappa shape index (κ1) is 26.4. The maximum Gasteiger partial charge on any atom is 0.392 e. The number of nitrogens with one attached hydrogen (secondary N) is 1. The number of rotatable bonds is 5. The molecule has 13 heteroatoms. The van der Waals surface area contributed by atoms with E-state index < -0.39 is 47.6 Å². The zero-order chi connectivity index (χ0) is 28.1. The molecule has 0 saturated carbocycles. The molecule has 206 valence electrons. The first-order chi connectivity index (χ1) is 18.5. The SMILES string of the molecule is CN1c2ccc(NC(=O)c3ccc(=O)n(-c4c(F)cccc4F)n3)c(N3CCCC3)c2N(C)C1CC(F)(F)F. The highest BCUT2D eigenvalue weighted by molar-refractivity contribution is 6.07. The lowest BCUT2D eigenvalue weighted by atomic mass is 10.1. The molecule has 1 aromatic heterocycles. The van der Waals surface area contributed by atoms with Crippen molar-refractivity contribution in [2.45, 2.75) is 31.6 Å². The lowest BCUT2D eigenvalue weighted by Gasteiger charge is -2.30. The second-order valence-electron chi connectivity index (χ2n) is 9.54. The molecule has 8 nitrogen and oxygen atoms in total. The van der Waals surface area contributed by atoms with Crippen LogP contribution in [0.25, 0.3) is 5.69 Å². The molecule has 0 aliphatic carbocycles. The first-order valence-corrected chi connectivity index (χ1v) is 12.3. The Balaban J connectivity index is 1.53. The van der Waals surface area contributed by atoms with Gasteiger partial charge < -0.3 is 20.0 Å². The summed E-state index contributed by atoms with van der Waals surface area (Å²) in [5.74, 6) is -2.82. The van der Waals surface area contributed by atoms with Crippen LogP contribution in [0.2, 0.25) is 0 Å². The van der Waals surface area contributed by atoms with Crippen molar-refractivity contribution < 1.29 is 26.7 Å². The van der Waals surface area contributed by atoms with Crippen LogP contribution in [0.3, 0.4) is 0 Å². The van der Waals surface area contributed by atoms with E-state index in [4.69, 9.17) is 0 Å². The van der Waals surface area contributed by atoms with Gasteiger partial charge in [-0.15, -0.1) is 0 Å². The van der Waals surface area contributed by atoms with E-state index in [1.54, 1.807) is 36.0 Å². The number of benzene rings is 2. The Morgan fingerprint density at radius 2 is 1.62 bits per heavy atom. The van der Waals surface area contributed by atoms with Crippen molar-refractivity contribution in [2.75, 3.05) is 47.2 Å². The lowest BCUT2D eigenvalue weighted by Crippen LogP contribution is -2.42. The van der Waals surface area contributed by atoms with Gasteiger partial charge in [0, 0.05) is 33.3 Å². The number of nitrogens with zero attached hydrogens (tertiary/aromatic N) is 5. The topological polar surface area (TPSA) is 73.7 Å². The van der Waals surface area contributed by atoms with Crippen molar-refractivity contribution in [1.82, 2.24) is 9.78 Å². The molecule has 1 unspecified atom stereocenters. The number of halogens is 5. The molecule has 3 heterocycles. The van der Waals surface area contributed by atoms with Gasteiger partial charge in [0.05, 0.1) is 29.2 Å². The number of para-hydroxylation sites is 1. The molecule has 2 aromatic carbocycles. The molecule has 0 bridgehead atoms. The van der Waals surface area contributed by atoms with Crippen molar-refractivity contribution in [3.63, 3.8) is 0 Å². The standard InChI is InChI=1S/C26H25F5N6O2/c1-34-19-10-8-17(23(36-12-3-4-13-36)24(19)35(2)20(34)14-26(29,30)31)32-25(39)18-9-11-21(38)37(33-18)22-15(27)6-5-7-16(22)28/h5-11,20H,3-4,12-14H2,1-2H3,(H,32,39). The van der Waals surface area contributed by atoms with Crippen LogP contribution in [0.1, 0.15) is 29.8 Å². The second-order valence-corrected chi connectivity index (χ2v) is 9.54. The van der Waals surface area contributed by atoms with Crippen molar-refractivity contribution in [3.05, 3.63) is 70.1 Å². The summed E-state index contributed by atoms with van der Waals surface area (Å²) < 4.78 is 69.2. The second kappa shape index (κ2) is 9.86. The van der Waals surface area contributed by atoms with Crippen LogP contribution in [0.4, 0.5) is 44.7 Å². The number of amides is 1. The zero-order valence-corrected chi connectivity index (χ0v) is 21.1. The Morgan fingerprint density at radius 3 is 2.26 bits per heavy atom. The quantitative estimate of drug-likeness (QED) is 0.473. The number of carbonyl (C=O) groups is 1. The number of carbonyl (C=O) groups excluding carboxylic acids is 1. The van der Waals surface area contributed by atoms with Gasteiger partial charge in [-0.3, -0.25) is 9.59 Å². The molecule has 5 rings (SSSR count). The van der Waals surface area contributed by atoms with Crippen LogP contribution in [-0.2, 0) is 0 Å². The van der Waals surface area contributed by atoms with E-state index in [9.17, 15) is 31.5 Å². The van der Waals surface area contributed by atoms with Gasteiger partial charge in [0.1, 0.15) is 17.5 Å². The Kier molecular flexibility index (Phi) is 6.69. The summed E-state index contributed by atoms with van der Waals surface area (Å²) in [5.41, 5.74) is 0.215. The monoisotopic (exact) mass is 548 g/mol. The van der Waals surface area contributed by atoms with Gasteiger partial charge in [0.25, 0.3) is 11.5 Å². The number of fused-ring (bicyclic) bond motifs is 1. The fourth-order valence-electron chi connectivity index (χ4n) is 5.18. The van der Waals surface area contributed by atoms with Gasteiger partial charge in [-0.2, -0.15) is 23.0 Å². The van der Waals surface area contributed by atoms with E-state index in [0.717, 1.165) is 43.2 Å². The fraction of sp³-hybridized carbons (Fsp3) is 0.346. The summed E-state index contributed by atoms with van der Waals surface area (Å²) in [7, 11) is 3.18. The number of aromatic nitrogens is 2. The average Bonchev–Trinajstić information content (AvgIpc) is 3.48. The van der Waals surface area contributed by atoms with Gasteiger partial charge in [-0.05, 0) is 43.2 Å². The Hall–Kier alpha value is -4.16. The van der Waals surface area contributed by atoms with Crippen LogP contribution in [0, 0.1) is 11.6 Å². The van der Waals surface area contributed by atoms with Gasteiger partial charge in [-0.25, -0.2) is 8.78 Å². The normalized spacial score (nSPS) is 17.1. The van der Waals surface area contributed by atoms with E-state index in [1.165, 1.54) is 0 Å². The molecule has 0 spiro atoms. The number of anilines is 4. The summed E-state index contributed by atoms with van der Waals surface area (Å²) in [6.45, 7) is 1.30. The van der Waals surface area contributed by atoms with Crippen LogP contribution < -0.4 is 25.6 Å². The van der Waals surface area contributed by atoms with Crippen molar-refractivity contribution in [1.29, 1.82) is 0 Å². The molecule has 1 fully saturated rings. The minimum absolute atomic E-state index is 0.287. The molecule has 1 N–H and O–H groups in total. The highest BCUT2D eigenvalue weighted by Gasteiger charge is 2.42. The Morgan fingerprint density at radius 1 is 0.949 bits per heavy atom. The number of alkyl halides is 3. The third-order valence-electron chi connectivity index (χ3n) is 7.02. The summed E-state index contributed by atoms with van der Waals surface area (Å²) in [4.78, 5) is 30.8. The summed E-state index contributed by atoms with van der Waals surface area (Å²) in [6.07, 6.45) is -4.64. The van der Waals surface area contributed by atoms with Crippen LogP contribution in [-0.4, -0.2) is 55.2 Å². The maximum atomic E-state index is 14.3. The molecule has 2 aliphatic rings. The van der Waals surface area contributed by atoms with E-state index in [0.29, 0.717) is 40.5 Å². The Bertz CT molecular complexity index is 1460. The predicted octanol–water partition coefficient (Wildman–Crippen LogP) is 4.53. The minimum Gasteiger partial charge on any atom is -0.368 e. The third-order valence-corrected chi connectivity index (χ3v) is 7.02. The van der Waals surface area contributed by atoms with Gasteiger partial charge in [0.2, 0.25) is 0 Å². The first-order valence-electron chi connectivity index (χ1n) is 12.3. The van der Waals surface area contributed by atoms with Crippen LogP contribution >= 0.6 is 0 Å². The average molecular weight is 549 g/mol. The van der Waals surface area contributed by atoms with Crippen molar-refractivity contribution in [3.8, 4) is 5.69 Å². The van der Waals surface area contributed by atoms with Gasteiger partial charge in [-0.1, -0.05) is 6.07 Å². The molecule has 1 saturated heterocycles. The van der Waals surface area contributed by atoms with Crippen LogP contribution in [0.5, 0.6) is 0 Å². The molecule has 1 amide bonds. The summed E-state index contributed by atoms with van der Waals surface area (Å²) in [5, 5.41) is 6.64. The molecular weight excluding hydrogens is 523 g/mol. The van der Waals surface area contributed by atoms with E-state index >= 15 is 0 Å². The molecule has 1 atom stereocenters. The lowest BCUT2D eigenvalue weighted by molar-refractivity contribution is -0.137. The molecule has 2 aliphatic heterocycles. The highest BCUT2D eigenvalue weighted by Crippen LogP contribution is 2.50. The van der Waals surface area contributed by atoms with Crippen molar-refractivity contribution >= 4 is 28.7 Å². The summed E-state index contributed by atoms with van der Waals surface area (Å²) in [6, 6.07) is 8.42. The fourth-order valence-corrected chi connectivity index (χ4v) is 5.18. The minimum atomic E-state index is -4.38. The third kappa shape index (κ3) is 4.88. The Labute approximate surface area is 220 Å². The highest BCUT2D eigenvalue weighted by atomic mass is 19.4. The maximum absolute atomic E-state index is 14.3. The summed E-state index contributed by atoms with van der Waals surface area (Å²) >= 11 is 0. The number of hydrogen-bond acceptors (Lipinski definition) is 6. The van der Waals surface area contributed by atoms with Gasteiger partial charge in [0.15, 0.2) is 11.6 Å². The smallest absolute Gasteiger partial charge is 0.368 e. The van der Waals surface area contributed by atoms with Gasteiger partial charge >= 0.3 is 6.18 Å².